The highest BCUT2D eigenvalue weighted by Gasteiger charge is 2.37. The van der Waals surface area contributed by atoms with Crippen molar-refractivity contribution < 1.29 is 26.3 Å². The topological polar surface area (TPSA) is 68.3 Å². The second kappa shape index (κ2) is 9.03. The van der Waals surface area contributed by atoms with Gasteiger partial charge in [-0.3, -0.25) is 4.98 Å². The van der Waals surface area contributed by atoms with Crippen molar-refractivity contribution in [1.82, 2.24) is 9.71 Å². The molecule has 0 amide bonds. The van der Waals surface area contributed by atoms with Crippen molar-refractivity contribution in [2.45, 2.75) is 24.2 Å². The minimum absolute atomic E-state index is 0.209. The fourth-order valence-electron chi connectivity index (χ4n) is 2.60. The van der Waals surface area contributed by atoms with Crippen molar-refractivity contribution in [3.63, 3.8) is 0 Å². The second-order valence-electron chi connectivity index (χ2n) is 6.22. The molecule has 30 heavy (non-hydrogen) atoms. The first kappa shape index (κ1) is 22.1. The number of hydrogen-bond donors (Lipinski definition) is 1. The summed E-state index contributed by atoms with van der Waals surface area (Å²) in [5.41, 5.74) is -0.0967. The number of aromatic nitrogens is 1. The van der Waals surface area contributed by atoms with Crippen molar-refractivity contribution in [2.75, 3.05) is 0 Å². The molecule has 3 rings (SSSR count). The van der Waals surface area contributed by atoms with Gasteiger partial charge in [-0.2, -0.15) is 13.2 Å². The lowest BCUT2D eigenvalue weighted by atomic mass is 10.2. The number of rotatable bonds is 7. The van der Waals surface area contributed by atoms with Gasteiger partial charge in [0.2, 0.25) is 10.0 Å². The summed E-state index contributed by atoms with van der Waals surface area (Å²) in [6.45, 7) is -0.00121. The number of pyridine rings is 1. The molecular weight excluding hydrogens is 441 g/mol. The van der Waals surface area contributed by atoms with Crippen LogP contribution in [0.2, 0.25) is 5.02 Å². The predicted molar refractivity (Wildman–Crippen MR) is 105 cm³/mol. The van der Waals surface area contributed by atoms with E-state index in [0.29, 0.717) is 23.1 Å². The van der Waals surface area contributed by atoms with Crippen molar-refractivity contribution in [3.8, 4) is 5.75 Å². The van der Waals surface area contributed by atoms with Gasteiger partial charge in [-0.05, 0) is 48.0 Å². The molecule has 10 heteroatoms. The number of alkyl halides is 3. The lowest BCUT2D eigenvalue weighted by Gasteiger charge is -2.14. The highest BCUT2D eigenvalue weighted by Crippen LogP contribution is 2.35. The molecule has 0 aliphatic rings. The van der Waals surface area contributed by atoms with Crippen LogP contribution >= 0.6 is 11.6 Å². The van der Waals surface area contributed by atoms with E-state index in [2.05, 4.69) is 9.71 Å². The van der Waals surface area contributed by atoms with E-state index in [1.54, 1.807) is 42.6 Å². The minimum atomic E-state index is -4.87. The number of sulfonamides is 1. The molecule has 0 unspecified atom stereocenters. The summed E-state index contributed by atoms with van der Waals surface area (Å²) >= 11 is 5.60. The first-order chi connectivity index (χ1) is 14.1. The molecule has 0 fully saturated rings. The average molecular weight is 457 g/mol. The molecule has 5 nitrogen and oxygen atoms in total. The molecular formula is C20H16ClF3N2O3S. The number of ether oxygens (including phenoxy) is 1. The monoisotopic (exact) mass is 456 g/mol. The van der Waals surface area contributed by atoms with Gasteiger partial charge in [0.05, 0.1) is 16.2 Å². The lowest BCUT2D eigenvalue weighted by molar-refractivity contribution is -0.139. The van der Waals surface area contributed by atoms with Crippen LogP contribution in [0, 0.1) is 0 Å². The van der Waals surface area contributed by atoms with E-state index in [9.17, 15) is 21.6 Å². The molecule has 0 saturated carbocycles. The Balaban J connectivity index is 1.72. The van der Waals surface area contributed by atoms with E-state index < -0.39 is 26.7 Å². The average Bonchev–Trinajstić information content (AvgIpc) is 2.71. The Morgan fingerprint density at radius 3 is 2.53 bits per heavy atom. The van der Waals surface area contributed by atoms with Crippen LogP contribution < -0.4 is 9.46 Å². The largest absolute Gasteiger partial charge is 0.487 e. The number of nitrogens with one attached hydrogen (secondary N) is 1. The fourth-order valence-corrected chi connectivity index (χ4v) is 4.00. The van der Waals surface area contributed by atoms with Crippen molar-refractivity contribution in [2.24, 2.45) is 0 Å². The Bertz CT molecular complexity index is 1120. The van der Waals surface area contributed by atoms with E-state index in [0.717, 1.165) is 12.1 Å². The van der Waals surface area contributed by atoms with Crippen molar-refractivity contribution >= 4 is 21.6 Å². The molecule has 158 valence electrons. The smallest absolute Gasteiger partial charge is 0.417 e. The number of hydrogen-bond acceptors (Lipinski definition) is 4. The first-order valence-electron chi connectivity index (χ1n) is 8.63. The molecule has 1 aromatic heterocycles. The van der Waals surface area contributed by atoms with E-state index in [4.69, 9.17) is 16.3 Å². The molecule has 2 aromatic carbocycles. The fraction of sp³-hybridized carbons (Fsp3) is 0.150. The summed E-state index contributed by atoms with van der Waals surface area (Å²) < 4.78 is 72.5. The van der Waals surface area contributed by atoms with Crippen LogP contribution in [0.5, 0.6) is 5.75 Å². The molecule has 0 saturated heterocycles. The van der Waals surface area contributed by atoms with Gasteiger partial charge in [0.25, 0.3) is 0 Å². The van der Waals surface area contributed by atoms with E-state index >= 15 is 0 Å². The Morgan fingerprint density at radius 2 is 1.83 bits per heavy atom. The second-order valence-corrected chi connectivity index (χ2v) is 8.39. The summed E-state index contributed by atoms with van der Waals surface area (Å²) in [6.07, 6.45) is -3.23. The number of nitrogens with zero attached hydrogens (tertiary/aromatic N) is 1. The molecule has 0 aliphatic heterocycles. The van der Waals surface area contributed by atoms with E-state index in [-0.39, 0.29) is 18.2 Å². The van der Waals surface area contributed by atoms with Gasteiger partial charge in [0.15, 0.2) is 0 Å². The Labute approximate surface area is 176 Å². The Kier molecular flexibility index (Phi) is 6.64. The summed E-state index contributed by atoms with van der Waals surface area (Å²) in [5, 5.41) is -0.209. The molecule has 0 bridgehead atoms. The number of halogens is 4. The standard InChI is InChI=1S/C20H16ClF3N2O3S/c21-15-7-8-19(18(11-15)20(22,23)24)30(27,28)26-12-14-4-3-6-17(10-14)29-13-16-5-1-2-9-25-16/h1-11,26H,12-13H2. The maximum atomic E-state index is 13.2. The molecule has 1 heterocycles. The molecule has 0 radical (unpaired) electrons. The van der Waals surface area contributed by atoms with E-state index in [1.165, 1.54) is 0 Å². The molecule has 3 aromatic rings. The predicted octanol–water partition coefficient (Wildman–Crippen LogP) is 4.81. The third-order valence-corrected chi connectivity index (χ3v) is 5.71. The molecule has 0 aliphatic carbocycles. The molecule has 0 spiro atoms. The highest BCUT2D eigenvalue weighted by molar-refractivity contribution is 7.89. The van der Waals surface area contributed by atoms with Gasteiger partial charge in [0.1, 0.15) is 12.4 Å². The Hall–Kier alpha value is -2.62. The van der Waals surface area contributed by atoms with Crippen LogP contribution in [-0.2, 0) is 29.4 Å². The maximum absolute atomic E-state index is 13.2. The van der Waals surface area contributed by atoms with Crippen LogP contribution in [0.25, 0.3) is 0 Å². The van der Waals surface area contributed by atoms with Crippen LogP contribution in [-0.4, -0.2) is 13.4 Å². The summed E-state index contributed by atoms with van der Waals surface area (Å²) in [4.78, 5) is 3.25. The van der Waals surface area contributed by atoms with Crippen LogP contribution in [0.15, 0.2) is 71.8 Å². The van der Waals surface area contributed by atoms with Gasteiger partial charge in [0, 0.05) is 17.8 Å². The maximum Gasteiger partial charge on any atom is 0.417 e. The summed E-state index contributed by atoms with van der Waals surface area (Å²) in [6, 6.07) is 14.5. The number of benzene rings is 2. The molecule has 0 atom stereocenters. The third-order valence-electron chi connectivity index (χ3n) is 4.01. The highest BCUT2D eigenvalue weighted by atomic mass is 35.5. The first-order valence-corrected chi connectivity index (χ1v) is 10.5. The minimum Gasteiger partial charge on any atom is -0.487 e. The lowest BCUT2D eigenvalue weighted by Crippen LogP contribution is -2.26. The van der Waals surface area contributed by atoms with Crippen molar-refractivity contribution in [3.05, 3.63) is 88.7 Å². The van der Waals surface area contributed by atoms with Crippen LogP contribution in [0.4, 0.5) is 13.2 Å². The summed E-state index contributed by atoms with van der Waals surface area (Å²) in [5.74, 6) is 0.472. The van der Waals surface area contributed by atoms with Gasteiger partial charge in [-0.25, -0.2) is 13.1 Å². The third kappa shape index (κ3) is 5.71. The van der Waals surface area contributed by atoms with Gasteiger partial charge >= 0.3 is 6.18 Å². The zero-order valence-electron chi connectivity index (χ0n) is 15.4. The van der Waals surface area contributed by atoms with Crippen LogP contribution in [0.1, 0.15) is 16.8 Å². The van der Waals surface area contributed by atoms with Crippen LogP contribution in [0.3, 0.4) is 0 Å². The van der Waals surface area contributed by atoms with Gasteiger partial charge in [-0.1, -0.05) is 29.8 Å². The molecule has 1 N–H and O–H groups in total. The quantitative estimate of drug-likeness (QED) is 0.554. The van der Waals surface area contributed by atoms with E-state index in [1.807, 2.05) is 6.07 Å². The van der Waals surface area contributed by atoms with Crippen molar-refractivity contribution in [1.29, 1.82) is 0 Å². The summed E-state index contributed by atoms with van der Waals surface area (Å²) in [7, 11) is -4.44. The Morgan fingerprint density at radius 1 is 1.03 bits per heavy atom. The van der Waals surface area contributed by atoms with Gasteiger partial charge in [-0.15, -0.1) is 0 Å². The normalized spacial score (nSPS) is 12.0. The SMILES string of the molecule is O=S(=O)(NCc1cccc(OCc2ccccn2)c1)c1ccc(Cl)cc1C(F)(F)F. The van der Waals surface area contributed by atoms with Gasteiger partial charge < -0.3 is 4.74 Å². The zero-order chi connectivity index (χ0) is 21.8. The zero-order valence-corrected chi connectivity index (χ0v) is 16.9.